The molecule has 0 saturated carbocycles. The van der Waals surface area contributed by atoms with E-state index in [1.807, 2.05) is 6.26 Å². The van der Waals surface area contributed by atoms with Crippen molar-refractivity contribution in [3.8, 4) is 0 Å². The molecule has 0 radical (unpaired) electrons. The minimum Gasteiger partial charge on any atom is -0.480 e. The van der Waals surface area contributed by atoms with Gasteiger partial charge in [0.25, 0.3) is 0 Å². The zero-order valence-corrected chi connectivity index (χ0v) is 12.1. The first-order valence-corrected chi connectivity index (χ1v) is 6.89. The third kappa shape index (κ3) is 9.47. The number of carboxylic acid groups (broad SMARTS) is 1. The molecular weight excluding hydrogens is 274 g/mol. The molecule has 7 heteroatoms. The normalized spacial score (nSPS) is 14.1. The minimum absolute atomic E-state index is 0. The number of carboxylic acids is 1. The lowest BCUT2D eigenvalue weighted by Crippen LogP contribution is -2.44. The summed E-state index contributed by atoms with van der Waals surface area (Å²) in [6.45, 7) is 5.14. The molecule has 0 heterocycles. The Morgan fingerprint density at radius 1 is 1.44 bits per heavy atom. The topological polar surface area (TPSA) is 75.6 Å². The van der Waals surface area contributed by atoms with E-state index in [0.29, 0.717) is 0 Å². The second-order valence-corrected chi connectivity index (χ2v) is 6.48. The molecule has 2 unspecified atom stereocenters. The molecular formula is C11H23NO4S2. The number of thioether (sulfide) groups is 1. The van der Waals surface area contributed by atoms with Crippen LogP contribution < -0.4 is 5.32 Å². The van der Waals surface area contributed by atoms with Crippen molar-refractivity contribution in [2.24, 2.45) is 0 Å². The highest BCUT2D eigenvalue weighted by Crippen LogP contribution is 2.17. The molecule has 0 aliphatic rings. The molecule has 5 nitrogen and oxygen atoms in total. The maximum Gasteiger partial charge on any atom is 0.408 e. The van der Waals surface area contributed by atoms with E-state index in [0.717, 1.165) is 0 Å². The molecule has 0 aliphatic carbocycles. The summed E-state index contributed by atoms with van der Waals surface area (Å²) in [4.78, 5) is 22.4. The highest BCUT2D eigenvalue weighted by atomic mass is 32.2. The average Bonchev–Trinajstić information content (AvgIpc) is 2.13. The van der Waals surface area contributed by atoms with Gasteiger partial charge in [0.15, 0.2) is 0 Å². The summed E-state index contributed by atoms with van der Waals surface area (Å²) in [5.41, 5.74) is -0.646. The van der Waals surface area contributed by atoms with Gasteiger partial charge in [0, 0.05) is 4.58 Å². The minimum atomic E-state index is -1.09. The molecule has 0 rings (SSSR count). The molecule has 1 amide bonds. The third-order valence-corrected chi connectivity index (χ3v) is 3.28. The lowest BCUT2D eigenvalue weighted by Gasteiger charge is -2.22. The number of nitrogens with one attached hydrogen (secondary N) is 1. The van der Waals surface area contributed by atoms with Gasteiger partial charge in [-0.05, 0) is 33.4 Å². The number of thiol groups is 1. The lowest BCUT2D eigenvalue weighted by atomic mass is 10.2. The van der Waals surface area contributed by atoms with E-state index in [-0.39, 0.29) is 18.4 Å². The number of carbonyl (C=O) groups is 2. The fourth-order valence-electron chi connectivity index (χ4n) is 0.969. The number of amides is 1. The predicted molar refractivity (Wildman–Crippen MR) is 78.4 cm³/mol. The Hall–Kier alpha value is -0.560. The largest absolute Gasteiger partial charge is 0.480 e. The molecule has 108 valence electrons. The standard InChI is InChI=1S/C10H19NO4S2.CH4/c1-10(2,3)15-9(14)11-6(8(12)13)5-7(16)17-4;/h6-7,16H,5H2,1-4H3,(H,11,14)(H,12,13);1H4. The average molecular weight is 297 g/mol. The molecule has 0 aromatic carbocycles. The zero-order chi connectivity index (χ0) is 13.6. The zero-order valence-electron chi connectivity index (χ0n) is 10.4. The number of alkyl carbamates (subject to hydrolysis) is 1. The summed E-state index contributed by atoms with van der Waals surface area (Å²) in [5.74, 6) is -1.09. The second kappa shape index (κ2) is 8.53. The van der Waals surface area contributed by atoms with Crippen LogP contribution in [0, 0.1) is 0 Å². The Morgan fingerprint density at radius 3 is 2.28 bits per heavy atom. The summed E-state index contributed by atoms with van der Waals surface area (Å²) in [7, 11) is 0. The maximum atomic E-state index is 11.4. The van der Waals surface area contributed by atoms with Crippen molar-refractivity contribution in [1.29, 1.82) is 0 Å². The van der Waals surface area contributed by atoms with Crippen LogP contribution >= 0.6 is 24.4 Å². The quantitative estimate of drug-likeness (QED) is 0.537. The van der Waals surface area contributed by atoms with E-state index in [2.05, 4.69) is 17.9 Å². The first kappa shape index (κ1) is 19.8. The van der Waals surface area contributed by atoms with Crippen LogP contribution in [0.25, 0.3) is 0 Å². The van der Waals surface area contributed by atoms with Gasteiger partial charge in [-0.3, -0.25) is 0 Å². The van der Waals surface area contributed by atoms with Crippen molar-refractivity contribution >= 4 is 36.5 Å². The van der Waals surface area contributed by atoms with Gasteiger partial charge in [0.2, 0.25) is 0 Å². The van der Waals surface area contributed by atoms with Crippen molar-refractivity contribution in [3.05, 3.63) is 0 Å². The van der Waals surface area contributed by atoms with Crippen LogP contribution in [-0.2, 0) is 9.53 Å². The van der Waals surface area contributed by atoms with E-state index in [1.54, 1.807) is 20.8 Å². The Labute approximate surface area is 118 Å². The molecule has 0 saturated heterocycles. The molecule has 0 aromatic rings. The molecule has 2 N–H and O–H groups in total. The molecule has 0 bridgehead atoms. The van der Waals surface area contributed by atoms with Crippen molar-refractivity contribution in [1.82, 2.24) is 5.32 Å². The van der Waals surface area contributed by atoms with E-state index < -0.39 is 23.7 Å². The summed E-state index contributed by atoms with van der Waals surface area (Å²) >= 11 is 5.60. The number of rotatable bonds is 5. The Balaban J connectivity index is 0. The Bertz CT molecular complexity index is 279. The number of ether oxygens (including phenoxy) is 1. The van der Waals surface area contributed by atoms with E-state index >= 15 is 0 Å². The van der Waals surface area contributed by atoms with Crippen LogP contribution in [0.5, 0.6) is 0 Å². The molecule has 0 aromatic heterocycles. The second-order valence-electron chi connectivity index (χ2n) is 4.46. The van der Waals surface area contributed by atoms with Gasteiger partial charge in [-0.15, -0.1) is 0 Å². The lowest BCUT2D eigenvalue weighted by molar-refractivity contribution is -0.139. The first-order valence-electron chi connectivity index (χ1n) is 5.09. The number of carbonyl (C=O) groups excluding carboxylic acids is 1. The van der Waals surface area contributed by atoms with Crippen LogP contribution in [0.2, 0.25) is 0 Å². The van der Waals surface area contributed by atoms with Gasteiger partial charge in [0.1, 0.15) is 11.6 Å². The van der Waals surface area contributed by atoms with Gasteiger partial charge >= 0.3 is 12.1 Å². The number of hydrogen-bond acceptors (Lipinski definition) is 5. The summed E-state index contributed by atoms with van der Waals surface area (Å²) in [5, 5.41) is 11.3. The van der Waals surface area contributed by atoms with Gasteiger partial charge in [-0.1, -0.05) is 7.43 Å². The van der Waals surface area contributed by atoms with Crippen molar-refractivity contribution in [3.63, 3.8) is 0 Å². The number of hydrogen-bond donors (Lipinski definition) is 3. The van der Waals surface area contributed by atoms with Gasteiger partial charge < -0.3 is 15.2 Å². The first-order chi connectivity index (χ1) is 7.65. The molecule has 0 spiro atoms. The summed E-state index contributed by atoms with van der Waals surface area (Å²) in [6.07, 6.45) is 1.33. The summed E-state index contributed by atoms with van der Waals surface area (Å²) in [6, 6.07) is -0.986. The Morgan fingerprint density at radius 2 is 1.94 bits per heavy atom. The van der Waals surface area contributed by atoms with E-state index in [4.69, 9.17) is 9.84 Å². The molecule has 2 atom stereocenters. The van der Waals surface area contributed by atoms with Crippen LogP contribution in [0.3, 0.4) is 0 Å². The van der Waals surface area contributed by atoms with Gasteiger partial charge in [0.05, 0.1) is 0 Å². The van der Waals surface area contributed by atoms with E-state index in [1.165, 1.54) is 11.8 Å². The van der Waals surface area contributed by atoms with Gasteiger partial charge in [-0.2, -0.15) is 24.4 Å². The van der Waals surface area contributed by atoms with Crippen LogP contribution in [0.4, 0.5) is 4.79 Å². The Kier molecular flexibility index (Phi) is 9.37. The predicted octanol–water partition coefficient (Wildman–Crippen LogP) is 2.61. The maximum absolute atomic E-state index is 11.4. The molecule has 0 fully saturated rings. The third-order valence-electron chi connectivity index (χ3n) is 1.70. The van der Waals surface area contributed by atoms with E-state index in [9.17, 15) is 9.59 Å². The highest BCUT2D eigenvalue weighted by molar-refractivity contribution is 8.09. The van der Waals surface area contributed by atoms with Crippen LogP contribution in [0.15, 0.2) is 0 Å². The van der Waals surface area contributed by atoms with Crippen molar-refractivity contribution in [2.45, 2.75) is 50.8 Å². The monoisotopic (exact) mass is 297 g/mol. The summed E-state index contributed by atoms with van der Waals surface area (Å²) < 4.78 is 4.84. The fraction of sp³-hybridized carbons (Fsp3) is 0.818. The molecule has 18 heavy (non-hydrogen) atoms. The van der Waals surface area contributed by atoms with Crippen LogP contribution in [-0.4, -0.2) is 39.6 Å². The van der Waals surface area contributed by atoms with Crippen LogP contribution in [0.1, 0.15) is 34.6 Å². The highest BCUT2D eigenvalue weighted by Gasteiger charge is 2.25. The van der Waals surface area contributed by atoms with Crippen molar-refractivity contribution in [2.75, 3.05) is 6.26 Å². The molecule has 0 aliphatic heterocycles. The van der Waals surface area contributed by atoms with Crippen molar-refractivity contribution < 1.29 is 19.4 Å². The van der Waals surface area contributed by atoms with Gasteiger partial charge in [-0.25, -0.2) is 9.59 Å². The number of aliphatic carboxylic acids is 1. The fourth-order valence-corrected chi connectivity index (χ4v) is 1.56. The smallest absolute Gasteiger partial charge is 0.408 e. The SMILES string of the molecule is C.CSC(S)CC(NC(=O)OC(C)(C)C)C(=O)O.